The highest BCUT2D eigenvalue weighted by atomic mass is 16.5. The van der Waals surface area contributed by atoms with Gasteiger partial charge in [0.15, 0.2) is 11.8 Å². The van der Waals surface area contributed by atoms with Crippen molar-refractivity contribution in [3.05, 3.63) is 22.2 Å². The molecule has 0 radical (unpaired) electrons. The van der Waals surface area contributed by atoms with Crippen molar-refractivity contribution >= 4 is 5.82 Å². The fraction of sp³-hybridized carbons (Fsp3) is 0.500. The van der Waals surface area contributed by atoms with Crippen molar-refractivity contribution in [2.24, 2.45) is 5.73 Å². The zero-order valence-corrected chi connectivity index (χ0v) is 10.9. The minimum atomic E-state index is -1.65. The molecular weight excluding hydrogens is 264 g/mol. The first-order valence-corrected chi connectivity index (χ1v) is 5.91. The predicted molar refractivity (Wildman–Crippen MR) is 70.4 cm³/mol. The maximum atomic E-state index is 12.0. The summed E-state index contributed by atoms with van der Waals surface area (Å²) in [6.45, 7) is 1.13. The van der Waals surface area contributed by atoms with E-state index in [2.05, 4.69) is 10.9 Å². The third-order valence-electron chi connectivity index (χ3n) is 3.39. The maximum Gasteiger partial charge on any atom is 0.351 e. The summed E-state index contributed by atoms with van der Waals surface area (Å²) in [5.41, 5.74) is 9.55. The molecule has 1 aliphatic heterocycles. The fourth-order valence-corrected chi connectivity index (χ4v) is 2.30. The molecule has 6 N–H and O–H groups in total. The Balaban J connectivity index is 2.58. The van der Waals surface area contributed by atoms with E-state index in [1.165, 1.54) is 6.07 Å². The van der Waals surface area contributed by atoms with E-state index in [1.807, 2.05) is 0 Å². The van der Waals surface area contributed by atoms with Crippen molar-refractivity contribution in [3.63, 3.8) is 0 Å². The Morgan fingerprint density at radius 1 is 1.70 bits per heavy atom. The standard InChI is InChI=1S/C12H16N4O4/c1-3-12(14)9(18)7(5-17)20-10(12)16-6(2)4-8(13)15-11(16)19/h1,4,7,9-10,17-18H,5,14H2,2H3,(H2,13,15,19)/t7-,9?,10-,12-/m1/s1. The molecule has 1 aromatic rings. The summed E-state index contributed by atoms with van der Waals surface area (Å²) < 4.78 is 6.55. The number of aliphatic hydroxyl groups excluding tert-OH is 2. The van der Waals surface area contributed by atoms with Crippen LogP contribution in [0.5, 0.6) is 0 Å². The monoisotopic (exact) mass is 280 g/mol. The van der Waals surface area contributed by atoms with Gasteiger partial charge in [-0.05, 0) is 13.0 Å². The molecule has 0 aromatic carbocycles. The van der Waals surface area contributed by atoms with Gasteiger partial charge in [0.05, 0.1) is 6.61 Å². The number of nitrogen functional groups attached to an aromatic ring is 1. The number of hydrogen-bond donors (Lipinski definition) is 4. The minimum absolute atomic E-state index is 0.0596. The van der Waals surface area contributed by atoms with Crippen LogP contribution >= 0.6 is 0 Å². The first-order chi connectivity index (χ1) is 9.35. The molecule has 1 aromatic heterocycles. The highest BCUT2D eigenvalue weighted by molar-refractivity contribution is 5.30. The molecular formula is C12H16N4O4. The molecule has 1 unspecified atom stereocenters. The van der Waals surface area contributed by atoms with Gasteiger partial charge in [-0.3, -0.25) is 4.57 Å². The smallest absolute Gasteiger partial charge is 0.351 e. The molecule has 2 heterocycles. The van der Waals surface area contributed by atoms with Gasteiger partial charge in [-0.15, -0.1) is 6.42 Å². The van der Waals surface area contributed by atoms with Gasteiger partial charge < -0.3 is 26.4 Å². The topological polar surface area (TPSA) is 137 Å². The Labute approximate surface area is 115 Å². The van der Waals surface area contributed by atoms with E-state index in [0.29, 0.717) is 5.69 Å². The molecule has 8 heteroatoms. The summed E-state index contributed by atoms with van der Waals surface area (Å²) in [6.07, 6.45) is 1.94. The van der Waals surface area contributed by atoms with Crippen LogP contribution in [0.25, 0.3) is 0 Å². The average molecular weight is 280 g/mol. The summed E-state index contributed by atoms with van der Waals surface area (Å²) in [5.74, 6) is 2.30. The van der Waals surface area contributed by atoms with Crippen LogP contribution in [-0.2, 0) is 4.74 Å². The van der Waals surface area contributed by atoms with Crippen molar-refractivity contribution in [1.29, 1.82) is 0 Å². The van der Waals surface area contributed by atoms with Crippen molar-refractivity contribution < 1.29 is 14.9 Å². The van der Waals surface area contributed by atoms with Gasteiger partial charge in [-0.1, -0.05) is 5.92 Å². The van der Waals surface area contributed by atoms with Crippen molar-refractivity contribution in [1.82, 2.24) is 9.55 Å². The van der Waals surface area contributed by atoms with Crippen LogP contribution in [0.3, 0.4) is 0 Å². The Morgan fingerprint density at radius 2 is 2.35 bits per heavy atom. The fourth-order valence-electron chi connectivity index (χ4n) is 2.30. The number of nitrogens with zero attached hydrogens (tertiary/aromatic N) is 2. The van der Waals surface area contributed by atoms with Crippen molar-refractivity contribution in [2.45, 2.75) is 30.9 Å². The van der Waals surface area contributed by atoms with Crippen molar-refractivity contribution in [3.8, 4) is 12.3 Å². The van der Waals surface area contributed by atoms with Crippen molar-refractivity contribution in [2.75, 3.05) is 12.3 Å². The number of aliphatic hydroxyl groups is 2. The second-order valence-electron chi connectivity index (χ2n) is 4.71. The molecule has 2 rings (SSSR count). The van der Waals surface area contributed by atoms with E-state index in [1.54, 1.807) is 6.92 Å². The van der Waals surface area contributed by atoms with Gasteiger partial charge in [0, 0.05) is 5.69 Å². The van der Waals surface area contributed by atoms with Crippen LogP contribution < -0.4 is 17.2 Å². The molecule has 0 aliphatic carbocycles. The van der Waals surface area contributed by atoms with Gasteiger partial charge in [0.2, 0.25) is 0 Å². The summed E-state index contributed by atoms with van der Waals surface area (Å²) in [5, 5.41) is 19.2. The lowest BCUT2D eigenvalue weighted by Crippen LogP contribution is -2.55. The van der Waals surface area contributed by atoms with Crippen LogP contribution in [0, 0.1) is 19.3 Å². The van der Waals surface area contributed by atoms with E-state index in [4.69, 9.17) is 22.6 Å². The predicted octanol–water partition coefficient (Wildman–Crippen LogP) is -2.28. The number of terminal acetylenes is 1. The first kappa shape index (κ1) is 14.5. The van der Waals surface area contributed by atoms with E-state index in [-0.39, 0.29) is 5.82 Å². The first-order valence-electron chi connectivity index (χ1n) is 5.91. The molecule has 0 spiro atoms. The van der Waals surface area contributed by atoms with E-state index in [9.17, 15) is 15.0 Å². The van der Waals surface area contributed by atoms with Gasteiger partial charge >= 0.3 is 5.69 Å². The third kappa shape index (κ3) is 1.97. The lowest BCUT2D eigenvalue weighted by Gasteiger charge is -2.28. The molecule has 1 saturated heterocycles. The maximum absolute atomic E-state index is 12.0. The largest absolute Gasteiger partial charge is 0.394 e. The third-order valence-corrected chi connectivity index (χ3v) is 3.39. The summed E-state index contributed by atoms with van der Waals surface area (Å²) >= 11 is 0. The number of aromatic nitrogens is 2. The average Bonchev–Trinajstić information content (AvgIpc) is 2.63. The van der Waals surface area contributed by atoms with Gasteiger partial charge in [0.1, 0.15) is 18.0 Å². The zero-order valence-electron chi connectivity index (χ0n) is 10.9. The SMILES string of the molecule is C#C[C@@]1(N)C(O)[C@@H](CO)O[C@H]1n1c(C)cc(N)nc1=O. The lowest BCUT2D eigenvalue weighted by atomic mass is 9.92. The molecule has 8 nitrogen and oxygen atoms in total. The summed E-state index contributed by atoms with van der Waals surface area (Å²) in [6, 6.07) is 1.46. The second-order valence-corrected chi connectivity index (χ2v) is 4.71. The number of hydrogen-bond acceptors (Lipinski definition) is 7. The molecule has 1 aliphatic rings. The van der Waals surface area contributed by atoms with Crippen LogP contribution in [0.4, 0.5) is 5.82 Å². The Kier molecular flexibility index (Phi) is 3.54. The quantitative estimate of drug-likeness (QED) is 0.448. The molecule has 108 valence electrons. The molecule has 20 heavy (non-hydrogen) atoms. The molecule has 0 amide bonds. The lowest BCUT2D eigenvalue weighted by molar-refractivity contribution is -0.0483. The van der Waals surface area contributed by atoms with Crippen LogP contribution in [0.1, 0.15) is 11.9 Å². The van der Waals surface area contributed by atoms with Gasteiger partial charge in [-0.2, -0.15) is 4.98 Å². The van der Waals surface area contributed by atoms with Crippen LogP contribution in [0.2, 0.25) is 0 Å². The van der Waals surface area contributed by atoms with E-state index in [0.717, 1.165) is 4.57 Å². The highest BCUT2D eigenvalue weighted by Gasteiger charge is 2.54. The molecule has 0 saturated carbocycles. The van der Waals surface area contributed by atoms with E-state index >= 15 is 0 Å². The summed E-state index contributed by atoms with van der Waals surface area (Å²) in [4.78, 5) is 15.6. The molecule has 0 bridgehead atoms. The zero-order chi connectivity index (χ0) is 15.1. The summed E-state index contributed by atoms with van der Waals surface area (Å²) in [7, 11) is 0. The number of rotatable bonds is 2. The minimum Gasteiger partial charge on any atom is -0.394 e. The number of nitrogens with two attached hydrogens (primary N) is 2. The Bertz CT molecular complexity index is 623. The van der Waals surface area contributed by atoms with Gasteiger partial charge in [-0.25, -0.2) is 4.79 Å². The number of aryl methyl sites for hydroxylation is 1. The Hall–Kier alpha value is -1.92. The van der Waals surface area contributed by atoms with Crippen LogP contribution in [0.15, 0.2) is 10.9 Å². The molecule has 4 atom stereocenters. The molecule has 1 fully saturated rings. The van der Waals surface area contributed by atoms with Gasteiger partial charge in [0.25, 0.3) is 0 Å². The highest BCUT2D eigenvalue weighted by Crippen LogP contribution is 2.36. The number of anilines is 1. The van der Waals surface area contributed by atoms with Crippen LogP contribution in [-0.4, -0.2) is 44.1 Å². The second kappa shape index (κ2) is 4.88. The van der Waals surface area contributed by atoms with E-state index < -0.39 is 36.3 Å². The number of ether oxygens (including phenoxy) is 1. The normalized spacial score (nSPS) is 33.0. The Morgan fingerprint density at radius 3 is 2.85 bits per heavy atom.